The van der Waals surface area contributed by atoms with Crippen molar-refractivity contribution in [2.24, 2.45) is 0 Å². The summed E-state index contributed by atoms with van der Waals surface area (Å²) in [6.45, 7) is 1.87. The number of rotatable bonds is 2. The van der Waals surface area contributed by atoms with Crippen molar-refractivity contribution in [1.29, 1.82) is 0 Å². The highest BCUT2D eigenvalue weighted by Gasteiger charge is 2.33. The molecule has 1 atom stereocenters. The van der Waals surface area contributed by atoms with Crippen molar-refractivity contribution in [1.82, 2.24) is 4.90 Å². The lowest BCUT2D eigenvalue weighted by atomic mass is 9.94. The van der Waals surface area contributed by atoms with Gasteiger partial charge in [-0.05, 0) is 25.8 Å². The molecule has 114 valence electrons. The molecule has 21 heavy (non-hydrogen) atoms. The predicted octanol–water partition coefficient (Wildman–Crippen LogP) is 1.86. The molecule has 1 aromatic carbocycles. The quantitative estimate of drug-likeness (QED) is 0.667. The molecule has 0 radical (unpaired) electrons. The molecule has 0 aromatic heterocycles. The average molecular weight is 300 g/mol. The summed E-state index contributed by atoms with van der Waals surface area (Å²) in [5, 5.41) is 20.4. The Morgan fingerprint density at radius 3 is 2.67 bits per heavy atom. The second-order valence-corrected chi connectivity index (χ2v) is 5.37. The smallest absolute Gasteiger partial charge is 0.307 e. The molecule has 1 heterocycles. The van der Waals surface area contributed by atoms with E-state index in [0.29, 0.717) is 31.5 Å². The Morgan fingerprint density at radius 2 is 2.10 bits per heavy atom. The van der Waals surface area contributed by atoms with Gasteiger partial charge in [0.1, 0.15) is 5.82 Å². The van der Waals surface area contributed by atoms with Crippen molar-refractivity contribution in [3.63, 3.8) is 0 Å². The maximum Gasteiger partial charge on any atom is 0.307 e. The van der Waals surface area contributed by atoms with E-state index in [9.17, 15) is 28.8 Å². The van der Waals surface area contributed by atoms with Crippen LogP contribution in [0, 0.1) is 21.7 Å². The van der Waals surface area contributed by atoms with Crippen LogP contribution in [0.4, 0.5) is 14.5 Å². The first-order valence-corrected chi connectivity index (χ1v) is 6.36. The number of hydrogen-bond acceptors (Lipinski definition) is 4. The highest BCUT2D eigenvalue weighted by molar-refractivity contribution is 5.95. The number of nitrogens with zero attached hydrogens (tertiary/aromatic N) is 2. The Kier molecular flexibility index (Phi) is 3.91. The first-order chi connectivity index (χ1) is 9.71. The fraction of sp³-hybridized carbons (Fsp3) is 0.462. The van der Waals surface area contributed by atoms with Gasteiger partial charge in [-0.1, -0.05) is 0 Å². The molecular weight excluding hydrogens is 286 g/mol. The van der Waals surface area contributed by atoms with Gasteiger partial charge >= 0.3 is 5.69 Å². The summed E-state index contributed by atoms with van der Waals surface area (Å²) in [7, 11) is 0. The molecule has 0 bridgehead atoms. The minimum atomic E-state index is -1.27. The van der Waals surface area contributed by atoms with Crippen LogP contribution in [0.15, 0.2) is 12.1 Å². The van der Waals surface area contributed by atoms with E-state index >= 15 is 0 Å². The summed E-state index contributed by atoms with van der Waals surface area (Å²) in [5.41, 5.74) is -2.67. The molecule has 1 saturated heterocycles. The standard InChI is InChI=1S/C13H14F2N2O4/c1-13(19)3-2-4-16(7-13)12(18)8-5-10(15)11(17(20)21)6-9(8)14/h5-6,19H,2-4,7H2,1H3. The van der Waals surface area contributed by atoms with Crippen molar-refractivity contribution in [2.45, 2.75) is 25.4 Å². The van der Waals surface area contributed by atoms with Gasteiger partial charge in [0.15, 0.2) is 0 Å². The van der Waals surface area contributed by atoms with Crippen LogP contribution >= 0.6 is 0 Å². The lowest BCUT2D eigenvalue weighted by molar-refractivity contribution is -0.387. The van der Waals surface area contributed by atoms with E-state index in [1.54, 1.807) is 6.92 Å². The number of carbonyl (C=O) groups excluding carboxylic acids is 1. The van der Waals surface area contributed by atoms with Gasteiger partial charge in [0, 0.05) is 13.1 Å². The SMILES string of the molecule is CC1(O)CCCN(C(=O)c2cc(F)c([N+](=O)[O-])cc2F)C1. The van der Waals surface area contributed by atoms with Crippen LogP contribution in [-0.2, 0) is 0 Å². The molecule has 1 amide bonds. The Hall–Kier alpha value is -2.09. The van der Waals surface area contributed by atoms with Crippen LogP contribution < -0.4 is 0 Å². The summed E-state index contributed by atoms with van der Waals surface area (Å²) < 4.78 is 27.3. The predicted molar refractivity (Wildman–Crippen MR) is 68.8 cm³/mol. The first kappa shape index (κ1) is 15.3. The van der Waals surface area contributed by atoms with Gasteiger partial charge in [0.25, 0.3) is 5.91 Å². The number of nitro groups is 1. The minimum absolute atomic E-state index is 0.00385. The molecular formula is C13H14F2N2O4. The minimum Gasteiger partial charge on any atom is -0.388 e. The van der Waals surface area contributed by atoms with Crippen LogP contribution in [-0.4, -0.2) is 39.5 Å². The summed E-state index contributed by atoms with van der Waals surface area (Å²) in [4.78, 5) is 22.9. The lowest BCUT2D eigenvalue weighted by Crippen LogP contribution is -2.48. The van der Waals surface area contributed by atoms with E-state index < -0.39 is 39.3 Å². The molecule has 6 nitrogen and oxygen atoms in total. The third-order valence-corrected chi connectivity index (χ3v) is 3.43. The number of hydrogen-bond donors (Lipinski definition) is 1. The summed E-state index contributed by atoms with van der Waals surface area (Å²) in [6, 6.07) is 0.920. The van der Waals surface area contributed by atoms with Crippen LogP contribution in [0.1, 0.15) is 30.1 Å². The van der Waals surface area contributed by atoms with Crippen LogP contribution in [0.25, 0.3) is 0 Å². The fourth-order valence-electron chi connectivity index (χ4n) is 2.40. The molecule has 1 unspecified atom stereocenters. The zero-order valence-corrected chi connectivity index (χ0v) is 11.3. The molecule has 1 aliphatic heterocycles. The molecule has 1 aromatic rings. The molecule has 0 saturated carbocycles. The Morgan fingerprint density at radius 1 is 1.43 bits per heavy atom. The molecule has 1 fully saturated rings. The van der Waals surface area contributed by atoms with Crippen molar-refractivity contribution in [2.75, 3.05) is 13.1 Å². The van der Waals surface area contributed by atoms with Gasteiger partial charge in [-0.3, -0.25) is 14.9 Å². The molecule has 0 aliphatic carbocycles. The third-order valence-electron chi connectivity index (χ3n) is 3.43. The number of aliphatic hydroxyl groups is 1. The van der Waals surface area contributed by atoms with Gasteiger partial charge in [-0.15, -0.1) is 0 Å². The average Bonchev–Trinajstić information content (AvgIpc) is 2.38. The Balaban J connectivity index is 2.31. The number of carbonyl (C=O) groups is 1. The van der Waals surface area contributed by atoms with Gasteiger partial charge in [0.2, 0.25) is 5.82 Å². The fourth-order valence-corrected chi connectivity index (χ4v) is 2.40. The normalized spacial score (nSPS) is 22.2. The third kappa shape index (κ3) is 3.15. The number of piperidine rings is 1. The molecule has 1 N–H and O–H groups in total. The van der Waals surface area contributed by atoms with Crippen molar-refractivity contribution < 1.29 is 23.6 Å². The number of likely N-dealkylation sites (tertiary alicyclic amines) is 1. The largest absolute Gasteiger partial charge is 0.388 e. The molecule has 2 rings (SSSR count). The maximum atomic E-state index is 13.8. The summed E-state index contributed by atoms with van der Waals surface area (Å²) in [6.07, 6.45) is 1.05. The van der Waals surface area contributed by atoms with Crippen molar-refractivity contribution in [3.8, 4) is 0 Å². The highest BCUT2D eigenvalue weighted by atomic mass is 19.1. The highest BCUT2D eigenvalue weighted by Crippen LogP contribution is 2.25. The maximum absolute atomic E-state index is 13.8. The van der Waals surface area contributed by atoms with Crippen LogP contribution in [0.5, 0.6) is 0 Å². The van der Waals surface area contributed by atoms with E-state index in [0.717, 1.165) is 0 Å². The van der Waals surface area contributed by atoms with Gasteiger partial charge in [-0.2, -0.15) is 4.39 Å². The monoisotopic (exact) mass is 300 g/mol. The van der Waals surface area contributed by atoms with E-state index in [-0.39, 0.29) is 6.54 Å². The van der Waals surface area contributed by atoms with Gasteiger partial charge in [-0.25, -0.2) is 4.39 Å². The van der Waals surface area contributed by atoms with Crippen molar-refractivity contribution in [3.05, 3.63) is 39.4 Å². The van der Waals surface area contributed by atoms with E-state index in [1.807, 2.05) is 0 Å². The molecule has 0 spiro atoms. The zero-order valence-electron chi connectivity index (χ0n) is 11.3. The van der Waals surface area contributed by atoms with E-state index in [2.05, 4.69) is 0 Å². The number of nitro benzene ring substituents is 1. The first-order valence-electron chi connectivity index (χ1n) is 6.36. The number of amides is 1. The van der Waals surface area contributed by atoms with Crippen LogP contribution in [0.3, 0.4) is 0 Å². The number of benzene rings is 1. The Bertz CT molecular complexity index is 604. The number of halogens is 2. The van der Waals surface area contributed by atoms with Crippen LogP contribution in [0.2, 0.25) is 0 Å². The summed E-state index contributed by atoms with van der Waals surface area (Å²) >= 11 is 0. The topological polar surface area (TPSA) is 83.7 Å². The van der Waals surface area contributed by atoms with E-state index in [4.69, 9.17) is 0 Å². The van der Waals surface area contributed by atoms with E-state index in [1.165, 1.54) is 4.90 Å². The Labute approximate surface area is 119 Å². The number of β-amino-alcohol motifs (C(OH)–C–C–N with tert-alkyl or cyclic N) is 1. The second kappa shape index (κ2) is 5.36. The van der Waals surface area contributed by atoms with Crippen molar-refractivity contribution >= 4 is 11.6 Å². The zero-order chi connectivity index (χ0) is 15.8. The second-order valence-electron chi connectivity index (χ2n) is 5.37. The summed E-state index contributed by atoms with van der Waals surface area (Å²) in [5.74, 6) is -3.21. The van der Waals surface area contributed by atoms with Gasteiger partial charge < -0.3 is 10.0 Å². The van der Waals surface area contributed by atoms with Gasteiger partial charge in [0.05, 0.1) is 22.2 Å². The lowest BCUT2D eigenvalue weighted by Gasteiger charge is -2.36. The molecule has 8 heteroatoms. The molecule has 1 aliphatic rings.